The van der Waals surface area contributed by atoms with Crippen molar-refractivity contribution in [3.05, 3.63) is 0 Å². The van der Waals surface area contributed by atoms with Crippen molar-refractivity contribution >= 4 is 5.78 Å². The zero-order valence-corrected chi connectivity index (χ0v) is 9.42. The number of hydrogen-bond donors (Lipinski definition) is 0. The first-order chi connectivity index (χ1) is 6.77. The Hall–Kier alpha value is -0.370. The highest BCUT2D eigenvalue weighted by Gasteiger charge is 2.28. The standard InChI is InChI=1S/C12H22O2/c1-3-7-14-9-12(13)11-6-5-10(4-2)8-11/h10-11H,3-9H2,1-2H3. The van der Waals surface area contributed by atoms with E-state index in [-0.39, 0.29) is 0 Å². The van der Waals surface area contributed by atoms with E-state index < -0.39 is 0 Å². The third kappa shape index (κ3) is 3.41. The second-order valence-electron chi connectivity index (χ2n) is 4.30. The van der Waals surface area contributed by atoms with Gasteiger partial charge in [0.25, 0.3) is 0 Å². The van der Waals surface area contributed by atoms with Crippen LogP contribution in [0.4, 0.5) is 0 Å². The maximum absolute atomic E-state index is 11.7. The zero-order chi connectivity index (χ0) is 10.4. The molecule has 2 atom stereocenters. The fourth-order valence-electron chi connectivity index (χ4n) is 2.17. The Balaban J connectivity index is 2.18. The van der Waals surface area contributed by atoms with Gasteiger partial charge in [0.05, 0.1) is 0 Å². The number of rotatable bonds is 6. The van der Waals surface area contributed by atoms with Gasteiger partial charge < -0.3 is 4.74 Å². The van der Waals surface area contributed by atoms with Crippen molar-refractivity contribution in [1.82, 2.24) is 0 Å². The molecule has 1 fully saturated rings. The Labute approximate surface area is 87.0 Å². The van der Waals surface area contributed by atoms with Crippen LogP contribution in [0.5, 0.6) is 0 Å². The fourth-order valence-corrected chi connectivity index (χ4v) is 2.17. The molecule has 1 rings (SSSR count). The van der Waals surface area contributed by atoms with Gasteiger partial charge in [-0.3, -0.25) is 4.79 Å². The average Bonchev–Trinajstić information content (AvgIpc) is 2.66. The van der Waals surface area contributed by atoms with E-state index in [4.69, 9.17) is 4.74 Å². The maximum Gasteiger partial charge on any atom is 0.161 e. The molecule has 1 saturated carbocycles. The molecule has 1 aliphatic rings. The van der Waals surface area contributed by atoms with Gasteiger partial charge in [0.2, 0.25) is 0 Å². The molecule has 0 amide bonds. The van der Waals surface area contributed by atoms with Gasteiger partial charge in [0, 0.05) is 12.5 Å². The molecular formula is C12H22O2. The molecule has 0 spiro atoms. The largest absolute Gasteiger partial charge is 0.374 e. The van der Waals surface area contributed by atoms with Crippen molar-refractivity contribution in [3.8, 4) is 0 Å². The zero-order valence-electron chi connectivity index (χ0n) is 9.42. The molecule has 2 heteroatoms. The van der Waals surface area contributed by atoms with Crippen molar-refractivity contribution in [2.75, 3.05) is 13.2 Å². The van der Waals surface area contributed by atoms with Gasteiger partial charge in [-0.15, -0.1) is 0 Å². The van der Waals surface area contributed by atoms with Crippen LogP contribution in [0.25, 0.3) is 0 Å². The predicted molar refractivity (Wildman–Crippen MR) is 57.2 cm³/mol. The maximum atomic E-state index is 11.7. The molecule has 14 heavy (non-hydrogen) atoms. The van der Waals surface area contributed by atoms with Crippen molar-refractivity contribution < 1.29 is 9.53 Å². The van der Waals surface area contributed by atoms with Gasteiger partial charge in [0.15, 0.2) is 5.78 Å². The highest BCUT2D eigenvalue weighted by atomic mass is 16.5. The minimum atomic E-state index is 0.303. The Morgan fingerprint density at radius 2 is 2.14 bits per heavy atom. The van der Waals surface area contributed by atoms with Gasteiger partial charge in [-0.2, -0.15) is 0 Å². The molecule has 1 aliphatic carbocycles. The highest BCUT2D eigenvalue weighted by Crippen LogP contribution is 2.33. The minimum absolute atomic E-state index is 0.303. The van der Waals surface area contributed by atoms with E-state index in [0.29, 0.717) is 18.3 Å². The molecule has 0 saturated heterocycles. The van der Waals surface area contributed by atoms with Crippen molar-refractivity contribution in [2.45, 2.75) is 46.0 Å². The van der Waals surface area contributed by atoms with E-state index in [1.54, 1.807) is 0 Å². The Kier molecular flexibility index (Phi) is 5.16. The molecule has 0 aliphatic heterocycles. The number of ketones is 1. The molecule has 0 N–H and O–H groups in total. The van der Waals surface area contributed by atoms with Gasteiger partial charge in [0.1, 0.15) is 6.61 Å². The third-order valence-corrected chi connectivity index (χ3v) is 3.17. The molecule has 2 unspecified atom stereocenters. The highest BCUT2D eigenvalue weighted by molar-refractivity contribution is 5.82. The molecule has 0 aromatic rings. The molecule has 0 radical (unpaired) electrons. The van der Waals surface area contributed by atoms with E-state index in [1.165, 1.54) is 12.8 Å². The summed E-state index contributed by atoms with van der Waals surface area (Å²) >= 11 is 0. The minimum Gasteiger partial charge on any atom is -0.374 e. The third-order valence-electron chi connectivity index (χ3n) is 3.17. The SMILES string of the molecule is CCCOCC(=O)C1CCC(CC)C1. The van der Waals surface area contributed by atoms with Gasteiger partial charge in [-0.25, -0.2) is 0 Å². The van der Waals surface area contributed by atoms with Crippen molar-refractivity contribution in [1.29, 1.82) is 0 Å². The molecule has 0 bridgehead atoms. The summed E-state index contributed by atoms with van der Waals surface area (Å²) in [6, 6.07) is 0. The molecule has 2 nitrogen and oxygen atoms in total. The molecular weight excluding hydrogens is 176 g/mol. The van der Waals surface area contributed by atoms with Crippen molar-refractivity contribution in [3.63, 3.8) is 0 Å². The fraction of sp³-hybridized carbons (Fsp3) is 0.917. The van der Waals surface area contributed by atoms with Crippen LogP contribution in [0.1, 0.15) is 46.0 Å². The summed E-state index contributed by atoms with van der Waals surface area (Å²) in [6.45, 7) is 5.34. The molecule has 0 aromatic heterocycles. The number of Topliss-reactive ketones (excluding diaryl/α,β-unsaturated/α-hetero) is 1. The summed E-state index contributed by atoms with van der Waals surface area (Å²) in [5.74, 6) is 1.42. The van der Waals surface area contributed by atoms with Crippen LogP contribution in [-0.4, -0.2) is 19.0 Å². The van der Waals surface area contributed by atoms with Gasteiger partial charge >= 0.3 is 0 Å². The number of carbonyl (C=O) groups excluding carboxylic acids is 1. The summed E-state index contributed by atoms with van der Waals surface area (Å²) in [4.78, 5) is 11.7. The molecule has 0 aromatic carbocycles. The molecule has 82 valence electrons. The van der Waals surface area contributed by atoms with Crippen LogP contribution in [-0.2, 0) is 9.53 Å². The van der Waals surface area contributed by atoms with E-state index >= 15 is 0 Å². The van der Waals surface area contributed by atoms with Crippen LogP contribution in [0.15, 0.2) is 0 Å². The Morgan fingerprint density at radius 1 is 1.36 bits per heavy atom. The first-order valence-corrected chi connectivity index (χ1v) is 5.88. The predicted octanol–water partition coefficient (Wildman–Crippen LogP) is 2.81. The van der Waals surface area contributed by atoms with Crippen LogP contribution in [0.2, 0.25) is 0 Å². The Morgan fingerprint density at radius 3 is 2.71 bits per heavy atom. The molecule has 0 heterocycles. The number of hydrogen-bond acceptors (Lipinski definition) is 2. The summed E-state index contributed by atoms with van der Waals surface area (Å²) in [5.41, 5.74) is 0. The number of ether oxygens (including phenoxy) is 1. The van der Waals surface area contributed by atoms with Gasteiger partial charge in [-0.1, -0.05) is 20.3 Å². The lowest BCUT2D eigenvalue weighted by Crippen LogP contribution is -2.18. The lowest BCUT2D eigenvalue weighted by molar-refractivity contribution is -0.127. The lowest BCUT2D eigenvalue weighted by atomic mass is 10.00. The monoisotopic (exact) mass is 198 g/mol. The average molecular weight is 198 g/mol. The van der Waals surface area contributed by atoms with E-state index in [9.17, 15) is 4.79 Å². The van der Waals surface area contributed by atoms with Crippen LogP contribution in [0, 0.1) is 11.8 Å². The summed E-state index contributed by atoms with van der Waals surface area (Å²) in [6.07, 6.45) is 5.65. The summed E-state index contributed by atoms with van der Waals surface area (Å²) < 4.78 is 5.28. The first kappa shape index (κ1) is 11.7. The van der Waals surface area contributed by atoms with E-state index in [0.717, 1.165) is 31.8 Å². The summed E-state index contributed by atoms with van der Waals surface area (Å²) in [7, 11) is 0. The van der Waals surface area contributed by atoms with E-state index in [1.807, 2.05) is 0 Å². The van der Waals surface area contributed by atoms with Crippen LogP contribution < -0.4 is 0 Å². The summed E-state index contributed by atoms with van der Waals surface area (Å²) in [5, 5.41) is 0. The topological polar surface area (TPSA) is 26.3 Å². The quantitative estimate of drug-likeness (QED) is 0.613. The van der Waals surface area contributed by atoms with Crippen LogP contribution >= 0.6 is 0 Å². The smallest absolute Gasteiger partial charge is 0.161 e. The lowest BCUT2D eigenvalue weighted by Gasteiger charge is -2.09. The van der Waals surface area contributed by atoms with E-state index in [2.05, 4.69) is 13.8 Å². The van der Waals surface area contributed by atoms with Crippen LogP contribution in [0.3, 0.4) is 0 Å². The van der Waals surface area contributed by atoms with Gasteiger partial charge in [-0.05, 0) is 31.6 Å². The first-order valence-electron chi connectivity index (χ1n) is 5.88. The normalized spacial score (nSPS) is 26.7. The second-order valence-corrected chi connectivity index (χ2v) is 4.30. The number of carbonyl (C=O) groups is 1. The van der Waals surface area contributed by atoms with Crippen molar-refractivity contribution in [2.24, 2.45) is 11.8 Å². The Bertz CT molecular complexity index is 177. The second kappa shape index (κ2) is 6.18.